The van der Waals surface area contributed by atoms with Gasteiger partial charge in [-0.3, -0.25) is 0 Å². The molecule has 0 atom stereocenters. The van der Waals surface area contributed by atoms with Crippen LogP contribution in [0.25, 0.3) is 34.0 Å². The lowest BCUT2D eigenvalue weighted by atomic mass is 10.2. The highest BCUT2D eigenvalue weighted by Crippen LogP contribution is 2.26. The number of furan rings is 1. The lowest BCUT2D eigenvalue weighted by molar-refractivity contribution is 0.572. The van der Waals surface area contributed by atoms with Crippen LogP contribution in [0.5, 0.6) is 0 Å². The molecule has 0 bridgehead atoms. The van der Waals surface area contributed by atoms with Gasteiger partial charge in [0.05, 0.1) is 16.6 Å². The number of nitrogens with one attached hydrogen (secondary N) is 1. The molecule has 0 saturated heterocycles. The SMILES string of the molecule is N#C/C(=C/c1ccc(-c2ccc(Cl)cc2)o1)c1nc2ccccc2[nH]1. The van der Waals surface area contributed by atoms with Crippen LogP contribution in [0, 0.1) is 11.3 Å². The van der Waals surface area contributed by atoms with Crippen molar-refractivity contribution in [3.05, 3.63) is 77.3 Å². The molecular formula is C20H12ClN3O. The molecule has 1 N–H and O–H groups in total. The summed E-state index contributed by atoms with van der Waals surface area (Å²) in [4.78, 5) is 7.61. The molecule has 0 spiro atoms. The Morgan fingerprint density at radius 1 is 1.08 bits per heavy atom. The second-order valence-electron chi connectivity index (χ2n) is 5.48. The number of hydrogen-bond acceptors (Lipinski definition) is 3. The molecule has 120 valence electrons. The molecule has 4 nitrogen and oxygen atoms in total. The minimum atomic E-state index is 0.410. The van der Waals surface area contributed by atoms with E-state index >= 15 is 0 Å². The third-order valence-corrected chi connectivity index (χ3v) is 4.06. The molecule has 0 aliphatic heterocycles. The van der Waals surface area contributed by atoms with Crippen molar-refractivity contribution in [2.24, 2.45) is 0 Å². The molecule has 0 unspecified atom stereocenters. The number of nitrogens with zero attached hydrogens (tertiary/aromatic N) is 2. The van der Waals surface area contributed by atoms with Gasteiger partial charge >= 0.3 is 0 Å². The standard InChI is InChI=1S/C20H12ClN3O/c21-15-7-5-13(6-8-15)19-10-9-16(25-19)11-14(12-22)20-23-17-3-1-2-4-18(17)24-20/h1-11H,(H,23,24)/b14-11-. The van der Waals surface area contributed by atoms with E-state index in [0.29, 0.717) is 27.9 Å². The fraction of sp³-hybridized carbons (Fsp3) is 0. The lowest BCUT2D eigenvalue weighted by Crippen LogP contribution is -1.84. The van der Waals surface area contributed by atoms with Gasteiger partial charge in [-0.2, -0.15) is 5.26 Å². The summed E-state index contributed by atoms with van der Waals surface area (Å²) in [7, 11) is 0. The molecule has 2 heterocycles. The number of para-hydroxylation sites is 2. The van der Waals surface area contributed by atoms with E-state index < -0.39 is 0 Å². The van der Waals surface area contributed by atoms with Crippen LogP contribution in [-0.4, -0.2) is 9.97 Å². The number of H-pyrrole nitrogens is 1. The summed E-state index contributed by atoms with van der Waals surface area (Å²) in [5.74, 6) is 1.82. The smallest absolute Gasteiger partial charge is 0.149 e. The van der Waals surface area contributed by atoms with Crippen molar-refractivity contribution in [2.75, 3.05) is 0 Å². The van der Waals surface area contributed by atoms with Crippen molar-refractivity contribution in [3.8, 4) is 17.4 Å². The average Bonchev–Trinajstić information content (AvgIpc) is 3.27. The predicted molar refractivity (Wildman–Crippen MR) is 98.7 cm³/mol. The number of nitriles is 1. The average molecular weight is 346 g/mol. The van der Waals surface area contributed by atoms with Crippen molar-refractivity contribution in [2.45, 2.75) is 0 Å². The van der Waals surface area contributed by atoms with Crippen LogP contribution in [-0.2, 0) is 0 Å². The highest BCUT2D eigenvalue weighted by Gasteiger charge is 2.10. The van der Waals surface area contributed by atoms with Gasteiger partial charge in [0.15, 0.2) is 0 Å². The zero-order chi connectivity index (χ0) is 17.2. The molecule has 5 heteroatoms. The van der Waals surface area contributed by atoms with Crippen LogP contribution in [0.3, 0.4) is 0 Å². The topological polar surface area (TPSA) is 65.6 Å². The summed E-state index contributed by atoms with van der Waals surface area (Å²) >= 11 is 5.91. The molecule has 4 aromatic rings. The zero-order valence-electron chi connectivity index (χ0n) is 13.0. The van der Waals surface area contributed by atoms with E-state index in [2.05, 4.69) is 16.0 Å². The van der Waals surface area contributed by atoms with Gasteiger partial charge in [0.1, 0.15) is 23.4 Å². The van der Waals surface area contributed by atoms with Crippen molar-refractivity contribution in [3.63, 3.8) is 0 Å². The van der Waals surface area contributed by atoms with Gasteiger partial charge in [-0.1, -0.05) is 23.7 Å². The second kappa shape index (κ2) is 6.31. The van der Waals surface area contributed by atoms with E-state index in [-0.39, 0.29) is 0 Å². The van der Waals surface area contributed by atoms with Gasteiger partial charge in [0.2, 0.25) is 0 Å². The molecule has 0 saturated carbocycles. The van der Waals surface area contributed by atoms with Crippen molar-refractivity contribution in [1.82, 2.24) is 9.97 Å². The minimum absolute atomic E-state index is 0.410. The Bertz CT molecular complexity index is 1080. The Morgan fingerprint density at radius 3 is 2.64 bits per heavy atom. The van der Waals surface area contributed by atoms with E-state index in [9.17, 15) is 5.26 Å². The van der Waals surface area contributed by atoms with E-state index in [1.54, 1.807) is 6.08 Å². The maximum atomic E-state index is 9.49. The summed E-state index contributed by atoms with van der Waals surface area (Å²) in [6, 6.07) is 20.9. The number of imidazole rings is 1. The summed E-state index contributed by atoms with van der Waals surface area (Å²) in [5.41, 5.74) is 3.04. The second-order valence-corrected chi connectivity index (χ2v) is 5.92. The van der Waals surface area contributed by atoms with Crippen LogP contribution >= 0.6 is 11.6 Å². The molecule has 0 aliphatic carbocycles. The molecule has 0 fully saturated rings. The molecule has 25 heavy (non-hydrogen) atoms. The van der Waals surface area contributed by atoms with Gasteiger partial charge in [-0.05, 0) is 48.5 Å². The van der Waals surface area contributed by atoms with E-state index in [1.807, 2.05) is 60.7 Å². The van der Waals surface area contributed by atoms with Gasteiger partial charge in [-0.15, -0.1) is 0 Å². The molecular weight excluding hydrogens is 334 g/mol. The number of hydrogen-bond donors (Lipinski definition) is 1. The first-order valence-electron chi connectivity index (χ1n) is 7.65. The summed E-state index contributed by atoms with van der Waals surface area (Å²) in [5, 5.41) is 10.2. The van der Waals surface area contributed by atoms with Crippen LogP contribution in [0.1, 0.15) is 11.6 Å². The van der Waals surface area contributed by atoms with E-state index in [1.165, 1.54) is 0 Å². The maximum Gasteiger partial charge on any atom is 0.149 e. The fourth-order valence-corrected chi connectivity index (χ4v) is 2.70. The molecule has 0 amide bonds. The molecule has 0 radical (unpaired) electrons. The highest BCUT2D eigenvalue weighted by atomic mass is 35.5. The number of aromatic nitrogens is 2. The molecule has 2 aromatic carbocycles. The van der Waals surface area contributed by atoms with Crippen molar-refractivity contribution in [1.29, 1.82) is 5.26 Å². The quantitative estimate of drug-likeness (QED) is 0.496. The first kappa shape index (κ1) is 15.3. The third-order valence-electron chi connectivity index (χ3n) is 3.81. The fourth-order valence-electron chi connectivity index (χ4n) is 2.58. The normalized spacial score (nSPS) is 11.6. The zero-order valence-corrected chi connectivity index (χ0v) is 13.8. The number of fused-ring (bicyclic) bond motifs is 1. The molecule has 2 aromatic heterocycles. The van der Waals surface area contributed by atoms with Crippen LogP contribution in [0.2, 0.25) is 5.02 Å². The van der Waals surface area contributed by atoms with Gasteiger partial charge in [-0.25, -0.2) is 4.98 Å². The minimum Gasteiger partial charge on any atom is -0.457 e. The Morgan fingerprint density at radius 2 is 1.88 bits per heavy atom. The van der Waals surface area contributed by atoms with Crippen molar-refractivity contribution < 1.29 is 4.42 Å². The monoisotopic (exact) mass is 345 g/mol. The van der Waals surface area contributed by atoms with Gasteiger partial charge < -0.3 is 9.40 Å². The number of halogens is 1. The van der Waals surface area contributed by atoms with E-state index in [4.69, 9.17) is 16.0 Å². The number of rotatable bonds is 3. The van der Waals surface area contributed by atoms with Crippen molar-refractivity contribution >= 4 is 34.3 Å². The maximum absolute atomic E-state index is 9.49. The number of allylic oxidation sites excluding steroid dienone is 1. The number of benzene rings is 2. The lowest BCUT2D eigenvalue weighted by Gasteiger charge is -1.97. The third kappa shape index (κ3) is 3.06. The highest BCUT2D eigenvalue weighted by molar-refractivity contribution is 6.30. The molecule has 4 rings (SSSR count). The van der Waals surface area contributed by atoms with Gasteiger partial charge in [0.25, 0.3) is 0 Å². The Kier molecular flexibility index (Phi) is 3.85. The van der Waals surface area contributed by atoms with Crippen LogP contribution in [0.15, 0.2) is 65.1 Å². The first-order valence-corrected chi connectivity index (χ1v) is 8.03. The molecule has 0 aliphatic rings. The summed E-state index contributed by atoms with van der Waals surface area (Å²) in [6.45, 7) is 0. The first-order chi connectivity index (χ1) is 12.2. The Labute approximate surface area is 149 Å². The summed E-state index contributed by atoms with van der Waals surface area (Å²) < 4.78 is 5.83. The Balaban J connectivity index is 1.69. The number of aromatic amines is 1. The van der Waals surface area contributed by atoms with Crippen LogP contribution < -0.4 is 0 Å². The van der Waals surface area contributed by atoms with Crippen LogP contribution in [0.4, 0.5) is 0 Å². The Hall–Kier alpha value is -3.29. The van der Waals surface area contributed by atoms with Gasteiger partial charge in [0, 0.05) is 16.7 Å². The largest absolute Gasteiger partial charge is 0.457 e. The van der Waals surface area contributed by atoms with E-state index in [0.717, 1.165) is 16.6 Å². The summed E-state index contributed by atoms with van der Waals surface area (Å²) in [6.07, 6.45) is 1.68. The predicted octanol–water partition coefficient (Wildman–Crippen LogP) is 5.54.